The van der Waals surface area contributed by atoms with Crippen LogP contribution in [0.5, 0.6) is 0 Å². The van der Waals surface area contributed by atoms with Crippen LogP contribution in [0.4, 0.5) is 0 Å². The maximum atomic E-state index is 10.1. The molecule has 29 heavy (non-hydrogen) atoms. The minimum atomic E-state index is -1.62. The molecule has 0 spiro atoms. The first-order valence-corrected chi connectivity index (χ1v) is 10.2. The third kappa shape index (κ3) is 3.25. The van der Waals surface area contributed by atoms with Gasteiger partial charge >= 0.3 is 0 Å². The van der Waals surface area contributed by atoms with E-state index in [1.165, 1.54) is 10.5 Å². The Kier molecular flexibility index (Phi) is 5.36. The van der Waals surface area contributed by atoms with Crippen molar-refractivity contribution in [3.63, 3.8) is 0 Å². The van der Waals surface area contributed by atoms with Crippen molar-refractivity contribution in [3.8, 4) is 18.2 Å². The summed E-state index contributed by atoms with van der Waals surface area (Å²) in [5.74, 6) is -1.34. The number of fused-ring (bicyclic) bond motifs is 1. The number of rotatable bonds is 2. The summed E-state index contributed by atoms with van der Waals surface area (Å²) in [6, 6.07) is 14.7. The topological polar surface area (TPSA) is 99.7 Å². The molecule has 0 radical (unpaired) electrons. The van der Waals surface area contributed by atoms with Crippen LogP contribution in [0.2, 0.25) is 0 Å². The summed E-state index contributed by atoms with van der Waals surface area (Å²) in [4.78, 5) is 1.37. The Morgan fingerprint density at radius 3 is 2.24 bits per heavy atom. The molecule has 148 valence electrons. The van der Waals surface area contributed by atoms with Crippen LogP contribution in [0.15, 0.2) is 35.9 Å². The van der Waals surface area contributed by atoms with E-state index >= 15 is 0 Å². The molecule has 2 unspecified atom stereocenters. The minimum absolute atomic E-state index is 0.00428. The van der Waals surface area contributed by atoms with Crippen molar-refractivity contribution in [2.45, 2.75) is 39.0 Å². The van der Waals surface area contributed by atoms with Crippen LogP contribution in [0.25, 0.3) is 0 Å². The maximum Gasteiger partial charge on any atom is 0.189 e. The van der Waals surface area contributed by atoms with Gasteiger partial charge in [-0.05, 0) is 35.1 Å². The first-order valence-electron chi connectivity index (χ1n) is 10.2. The van der Waals surface area contributed by atoms with E-state index in [-0.39, 0.29) is 17.0 Å². The molecule has 1 fully saturated rings. The number of likely N-dealkylation sites (N-methyl/N-ethyl adjacent to an activating group) is 1. The Morgan fingerprint density at radius 1 is 1.14 bits per heavy atom. The van der Waals surface area contributed by atoms with E-state index in [1.54, 1.807) is 0 Å². The molecule has 5 nitrogen and oxygen atoms in total. The summed E-state index contributed by atoms with van der Waals surface area (Å²) in [5, 5.41) is 38.7. The molecule has 1 aliphatic heterocycles. The van der Waals surface area contributed by atoms with Crippen molar-refractivity contribution in [2.75, 3.05) is 19.6 Å². The lowest BCUT2D eigenvalue weighted by Gasteiger charge is -2.46. The summed E-state index contributed by atoms with van der Waals surface area (Å²) < 4.78 is 0. The summed E-state index contributed by atoms with van der Waals surface area (Å²) in [6.07, 6.45) is 2.07. The molecule has 1 aromatic rings. The molecule has 1 heterocycles. The van der Waals surface area contributed by atoms with Gasteiger partial charge in [0.15, 0.2) is 5.41 Å². The summed E-state index contributed by atoms with van der Waals surface area (Å²) in [7, 11) is 0. The predicted molar refractivity (Wildman–Crippen MR) is 111 cm³/mol. The fourth-order valence-corrected chi connectivity index (χ4v) is 4.82. The molecule has 2 N–H and O–H groups in total. The van der Waals surface area contributed by atoms with Crippen molar-refractivity contribution < 1.29 is 4.90 Å². The molecule has 0 bridgehead atoms. The van der Waals surface area contributed by atoms with E-state index in [9.17, 15) is 15.8 Å². The van der Waals surface area contributed by atoms with Crippen LogP contribution < -0.4 is 4.90 Å². The van der Waals surface area contributed by atoms with Crippen molar-refractivity contribution >= 4 is 5.71 Å². The maximum absolute atomic E-state index is 10.1. The lowest BCUT2D eigenvalue weighted by molar-refractivity contribution is -0.897. The monoisotopic (exact) mass is 386 g/mol. The average Bonchev–Trinajstić information content (AvgIpc) is 2.72. The first kappa shape index (κ1) is 20.8. The van der Waals surface area contributed by atoms with E-state index in [0.29, 0.717) is 0 Å². The highest BCUT2D eigenvalue weighted by molar-refractivity contribution is 6.00. The third-order valence-corrected chi connectivity index (χ3v) is 6.60. The number of nitrogens with one attached hydrogen (secondary N) is 2. The fourth-order valence-electron chi connectivity index (χ4n) is 4.82. The lowest BCUT2D eigenvalue weighted by Crippen LogP contribution is -3.13. The van der Waals surface area contributed by atoms with Crippen LogP contribution in [-0.2, 0) is 5.41 Å². The smallest absolute Gasteiger partial charge is 0.189 e. The van der Waals surface area contributed by atoms with Crippen molar-refractivity contribution in [1.29, 1.82) is 21.2 Å². The van der Waals surface area contributed by atoms with Gasteiger partial charge in [-0.1, -0.05) is 45.0 Å². The van der Waals surface area contributed by atoms with Gasteiger partial charge in [-0.3, -0.25) is 0 Å². The quantitative estimate of drug-likeness (QED) is 0.764. The summed E-state index contributed by atoms with van der Waals surface area (Å²) in [6.45, 7) is 11.1. The SMILES string of the molecule is CC[NH+]1CC=C2C(C#N)C(=N)C(C#N)(C#N)[C@@H](c3ccc(C(C)(C)C)cc3)[C@@H]2C1. The number of benzene rings is 1. The molecule has 1 aromatic carbocycles. The van der Waals surface area contributed by atoms with Gasteiger partial charge < -0.3 is 10.3 Å². The Labute approximate surface area is 173 Å². The number of hydrogen-bond acceptors (Lipinski definition) is 4. The van der Waals surface area contributed by atoms with Gasteiger partial charge in [0.05, 0.1) is 43.6 Å². The standard InChI is InChI=1S/C24H27N5/c1-5-29-11-10-18-19(12-25)22(28)24(14-26,15-27)21(20(18)13-29)16-6-8-17(9-7-16)23(2,3)4/h6-10,19-21,28H,5,11,13H2,1-4H3/p+1/t19?,20-,21+/m1/s1. The normalized spacial score (nSPS) is 28.3. The second-order valence-corrected chi connectivity index (χ2v) is 9.18. The van der Waals surface area contributed by atoms with Gasteiger partial charge in [0.25, 0.3) is 0 Å². The molecular formula is C24H28N5+. The van der Waals surface area contributed by atoms with Crippen LogP contribution in [-0.4, -0.2) is 25.3 Å². The molecule has 0 saturated heterocycles. The van der Waals surface area contributed by atoms with E-state index in [4.69, 9.17) is 5.41 Å². The third-order valence-electron chi connectivity index (χ3n) is 6.60. The summed E-state index contributed by atoms with van der Waals surface area (Å²) >= 11 is 0. The van der Waals surface area contributed by atoms with E-state index < -0.39 is 17.3 Å². The highest BCUT2D eigenvalue weighted by Crippen LogP contribution is 2.52. The van der Waals surface area contributed by atoms with Gasteiger partial charge in [0.2, 0.25) is 0 Å². The van der Waals surface area contributed by atoms with Gasteiger partial charge in [0.1, 0.15) is 5.92 Å². The van der Waals surface area contributed by atoms with Gasteiger partial charge in [0, 0.05) is 11.8 Å². The van der Waals surface area contributed by atoms with E-state index in [2.05, 4.69) is 64.1 Å². The summed E-state index contributed by atoms with van der Waals surface area (Å²) in [5.41, 5.74) is 1.31. The largest absolute Gasteiger partial charge is 0.331 e. The van der Waals surface area contributed by atoms with Crippen molar-refractivity contribution in [2.24, 2.45) is 17.3 Å². The highest BCUT2D eigenvalue weighted by Gasteiger charge is 2.58. The molecule has 2 aliphatic rings. The van der Waals surface area contributed by atoms with Gasteiger partial charge in [-0.15, -0.1) is 0 Å². The Morgan fingerprint density at radius 2 is 1.76 bits per heavy atom. The zero-order valence-corrected chi connectivity index (χ0v) is 17.6. The number of hydrogen-bond donors (Lipinski definition) is 2. The first-order chi connectivity index (χ1) is 13.7. The van der Waals surface area contributed by atoms with Gasteiger partial charge in [-0.2, -0.15) is 15.8 Å². The van der Waals surface area contributed by atoms with Crippen LogP contribution in [0.1, 0.15) is 44.7 Å². The van der Waals surface area contributed by atoms with E-state index in [0.717, 1.165) is 30.8 Å². The molecule has 1 saturated carbocycles. The molecule has 1 aliphatic carbocycles. The fraction of sp³-hybridized carbons (Fsp3) is 0.500. The van der Waals surface area contributed by atoms with Gasteiger partial charge in [-0.25, -0.2) is 0 Å². The second-order valence-electron chi connectivity index (χ2n) is 9.18. The van der Waals surface area contributed by atoms with Crippen molar-refractivity contribution in [1.82, 2.24) is 0 Å². The van der Waals surface area contributed by atoms with Crippen LogP contribution in [0.3, 0.4) is 0 Å². The Balaban J connectivity index is 2.20. The Bertz CT molecular complexity index is 945. The lowest BCUT2D eigenvalue weighted by atomic mass is 9.54. The highest BCUT2D eigenvalue weighted by atomic mass is 15.1. The Hall–Kier alpha value is -2.94. The zero-order chi connectivity index (χ0) is 21.4. The van der Waals surface area contributed by atoms with Crippen LogP contribution >= 0.6 is 0 Å². The number of quaternary nitrogens is 1. The molecule has 4 atom stereocenters. The number of nitrogens with zero attached hydrogens (tertiary/aromatic N) is 3. The molecule has 0 aromatic heterocycles. The van der Waals surface area contributed by atoms with Crippen molar-refractivity contribution in [3.05, 3.63) is 47.0 Å². The van der Waals surface area contributed by atoms with Crippen LogP contribution in [0, 0.1) is 56.7 Å². The molecular weight excluding hydrogens is 358 g/mol. The molecule has 3 rings (SSSR count). The molecule has 5 heteroatoms. The number of nitriles is 3. The zero-order valence-electron chi connectivity index (χ0n) is 17.6. The van der Waals surface area contributed by atoms with E-state index in [1.807, 2.05) is 12.1 Å². The second kappa shape index (κ2) is 7.47. The average molecular weight is 387 g/mol. The minimum Gasteiger partial charge on any atom is -0.331 e. The molecule has 0 amide bonds. The predicted octanol–water partition coefficient (Wildman–Crippen LogP) is 2.74.